The van der Waals surface area contributed by atoms with Crippen molar-refractivity contribution in [2.24, 2.45) is 0 Å². The molecule has 1 saturated heterocycles. The zero-order chi connectivity index (χ0) is 18.0. The van der Waals surface area contributed by atoms with Gasteiger partial charge in [-0.2, -0.15) is 0 Å². The SMILES string of the molecule is CN(C)[C@]1(c2ccccc2)CCN(C(=O)c2cc[nH]c(=O)c2)C[C@H]1O. The molecule has 1 aliphatic rings. The summed E-state index contributed by atoms with van der Waals surface area (Å²) >= 11 is 0. The molecular formula is C19H23N3O3. The summed E-state index contributed by atoms with van der Waals surface area (Å²) in [6, 6.07) is 12.8. The van der Waals surface area contributed by atoms with Gasteiger partial charge in [-0.15, -0.1) is 0 Å². The molecule has 2 N–H and O–H groups in total. The molecule has 1 fully saturated rings. The van der Waals surface area contributed by atoms with E-state index in [0.29, 0.717) is 18.5 Å². The first-order valence-corrected chi connectivity index (χ1v) is 8.34. The summed E-state index contributed by atoms with van der Waals surface area (Å²) < 4.78 is 0. The third kappa shape index (κ3) is 3.10. The summed E-state index contributed by atoms with van der Waals surface area (Å²) in [4.78, 5) is 30.3. The number of carbonyl (C=O) groups excluding carboxylic acids is 1. The zero-order valence-electron chi connectivity index (χ0n) is 14.5. The Morgan fingerprint density at radius 1 is 1.28 bits per heavy atom. The number of pyridine rings is 1. The molecule has 2 heterocycles. The van der Waals surface area contributed by atoms with E-state index in [4.69, 9.17) is 0 Å². The largest absolute Gasteiger partial charge is 0.389 e. The lowest BCUT2D eigenvalue weighted by Gasteiger charge is -2.49. The van der Waals surface area contributed by atoms with E-state index in [2.05, 4.69) is 4.98 Å². The van der Waals surface area contributed by atoms with E-state index >= 15 is 0 Å². The normalized spacial score (nSPS) is 23.7. The average Bonchev–Trinajstić information content (AvgIpc) is 2.61. The van der Waals surface area contributed by atoms with Gasteiger partial charge in [0.25, 0.3) is 5.91 Å². The van der Waals surface area contributed by atoms with Crippen molar-refractivity contribution >= 4 is 5.91 Å². The molecule has 1 aliphatic heterocycles. The first kappa shape index (κ1) is 17.4. The molecule has 132 valence electrons. The van der Waals surface area contributed by atoms with Crippen LogP contribution in [-0.4, -0.2) is 59.1 Å². The minimum absolute atomic E-state index is 0.221. The number of aromatic amines is 1. The van der Waals surface area contributed by atoms with Crippen LogP contribution in [0.25, 0.3) is 0 Å². The maximum atomic E-state index is 12.7. The zero-order valence-corrected chi connectivity index (χ0v) is 14.5. The van der Waals surface area contributed by atoms with Gasteiger partial charge in [-0.3, -0.25) is 14.5 Å². The molecule has 0 spiro atoms. The van der Waals surface area contributed by atoms with Crippen LogP contribution in [-0.2, 0) is 5.54 Å². The molecule has 3 rings (SSSR count). The molecular weight excluding hydrogens is 318 g/mol. The van der Waals surface area contributed by atoms with Crippen molar-refractivity contribution in [3.05, 3.63) is 70.1 Å². The number of benzene rings is 1. The van der Waals surface area contributed by atoms with Crippen molar-refractivity contribution in [2.45, 2.75) is 18.1 Å². The summed E-state index contributed by atoms with van der Waals surface area (Å²) in [6.45, 7) is 0.731. The van der Waals surface area contributed by atoms with Crippen molar-refractivity contribution in [1.29, 1.82) is 0 Å². The number of amides is 1. The van der Waals surface area contributed by atoms with Crippen LogP contribution in [0.5, 0.6) is 0 Å². The van der Waals surface area contributed by atoms with Gasteiger partial charge in [0.05, 0.1) is 11.6 Å². The third-order valence-corrected chi connectivity index (χ3v) is 5.09. The number of hydrogen-bond donors (Lipinski definition) is 2. The molecule has 1 aromatic carbocycles. The molecule has 2 aromatic rings. The number of aromatic nitrogens is 1. The summed E-state index contributed by atoms with van der Waals surface area (Å²) in [5.74, 6) is -0.231. The summed E-state index contributed by atoms with van der Waals surface area (Å²) in [7, 11) is 3.90. The molecule has 0 bridgehead atoms. The van der Waals surface area contributed by atoms with Crippen LogP contribution in [0.2, 0.25) is 0 Å². The monoisotopic (exact) mass is 341 g/mol. The van der Waals surface area contributed by atoms with Gasteiger partial charge < -0.3 is 15.0 Å². The van der Waals surface area contributed by atoms with Gasteiger partial charge in [-0.05, 0) is 32.1 Å². The molecule has 6 heteroatoms. The number of likely N-dealkylation sites (tertiary alicyclic amines) is 1. The molecule has 2 atom stereocenters. The highest BCUT2D eigenvalue weighted by molar-refractivity contribution is 5.94. The van der Waals surface area contributed by atoms with Gasteiger partial charge >= 0.3 is 0 Å². The highest BCUT2D eigenvalue weighted by atomic mass is 16.3. The van der Waals surface area contributed by atoms with Gasteiger partial charge in [-0.1, -0.05) is 30.3 Å². The molecule has 1 aromatic heterocycles. The Balaban J connectivity index is 1.86. The quantitative estimate of drug-likeness (QED) is 0.875. The van der Waals surface area contributed by atoms with Crippen molar-refractivity contribution in [1.82, 2.24) is 14.8 Å². The van der Waals surface area contributed by atoms with Gasteiger partial charge in [0.2, 0.25) is 5.56 Å². The average molecular weight is 341 g/mol. The highest BCUT2D eigenvalue weighted by Crippen LogP contribution is 2.37. The second-order valence-corrected chi connectivity index (χ2v) is 6.64. The van der Waals surface area contributed by atoms with Crippen LogP contribution in [0.4, 0.5) is 0 Å². The van der Waals surface area contributed by atoms with E-state index in [0.717, 1.165) is 5.56 Å². The maximum Gasteiger partial charge on any atom is 0.254 e. The Labute approximate surface area is 146 Å². The Hall–Kier alpha value is -2.44. The number of β-amino-alcohol motifs (C(OH)–C–C–N with tert-alkyl or cyclic N) is 1. The Morgan fingerprint density at radius 3 is 2.60 bits per heavy atom. The number of rotatable bonds is 3. The number of nitrogens with one attached hydrogen (secondary N) is 1. The molecule has 0 radical (unpaired) electrons. The first-order valence-electron chi connectivity index (χ1n) is 8.34. The predicted molar refractivity (Wildman–Crippen MR) is 95.4 cm³/mol. The number of hydrogen-bond acceptors (Lipinski definition) is 4. The molecule has 0 aliphatic carbocycles. The van der Waals surface area contributed by atoms with Crippen molar-refractivity contribution in [3.8, 4) is 0 Å². The molecule has 0 saturated carbocycles. The van der Waals surface area contributed by atoms with Crippen LogP contribution in [0.15, 0.2) is 53.5 Å². The van der Waals surface area contributed by atoms with E-state index in [1.165, 1.54) is 12.3 Å². The number of likely N-dealkylation sites (N-methyl/N-ethyl adjacent to an activating group) is 1. The number of aliphatic hydroxyl groups excluding tert-OH is 1. The fourth-order valence-corrected chi connectivity index (χ4v) is 3.71. The lowest BCUT2D eigenvalue weighted by atomic mass is 9.77. The summed E-state index contributed by atoms with van der Waals surface area (Å²) in [6.07, 6.45) is 1.34. The van der Waals surface area contributed by atoms with E-state index in [1.807, 2.05) is 49.3 Å². The lowest BCUT2D eigenvalue weighted by molar-refractivity contribution is -0.0612. The van der Waals surface area contributed by atoms with Gasteiger partial charge in [0.1, 0.15) is 0 Å². The molecule has 25 heavy (non-hydrogen) atoms. The Kier molecular flexibility index (Phi) is 4.74. The van der Waals surface area contributed by atoms with Gasteiger partial charge in [0.15, 0.2) is 0 Å². The van der Waals surface area contributed by atoms with Crippen LogP contribution in [0.3, 0.4) is 0 Å². The van der Waals surface area contributed by atoms with Crippen LogP contribution < -0.4 is 5.56 Å². The standard InChI is InChI=1S/C19H23N3O3/c1-21(2)19(15-6-4-3-5-7-15)9-11-22(13-16(19)23)18(25)14-8-10-20-17(24)12-14/h3-8,10,12,16,23H,9,11,13H2,1-2H3,(H,20,24)/t16-,19+/m1/s1. The summed E-state index contributed by atoms with van der Waals surface area (Å²) in [5.41, 5.74) is 0.533. The smallest absolute Gasteiger partial charge is 0.254 e. The number of nitrogens with zero attached hydrogens (tertiary/aromatic N) is 2. The van der Waals surface area contributed by atoms with Crippen molar-refractivity contribution in [2.75, 3.05) is 27.2 Å². The second kappa shape index (κ2) is 6.82. The molecule has 1 amide bonds. The van der Waals surface area contributed by atoms with Crippen LogP contribution in [0.1, 0.15) is 22.3 Å². The number of piperidine rings is 1. The van der Waals surface area contributed by atoms with Crippen molar-refractivity contribution in [3.63, 3.8) is 0 Å². The molecule has 0 unspecified atom stereocenters. The Bertz CT molecular complexity index is 803. The Morgan fingerprint density at radius 2 is 2.00 bits per heavy atom. The van der Waals surface area contributed by atoms with Gasteiger partial charge in [-0.25, -0.2) is 0 Å². The predicted octanol–water partition coefficient (Wildman–Crippen LogP) is 1.04. The van der Waals surface area contributed by atoms with Crippen LogP contribution >= 0.6 is 0 Å². The molecule has 6 nitrogen and oxygen atoms in total. The van der Waals surface area contributed by atoms with Crippen LogP contribution in [0, 0.1) is 0 Å². The van der Waals surface area contributed by atoms with Gasteiger partial charge in [0, 0.05) is 30.9 Å². The number of aliphatic hydroxyl groups is 1. The first-order chi connectivity index (χ1) is 11.9. The fraction of sp³-hybridized carbons (Fsp3) is 0.368. The fourth-order valence-electron chi connectivity index (χ4n) is 3.71. The van der Waals surface area contributed by atoms with E-state index < -0.39 is 11.6 Å². The maximum absolute atomic E-state index is 12.7. The van der Waals surface area contributed by atoms with Crippen molar-refractivity contribution < 1.29 is 9.90 Å². The minimum atomic E-state index is -0.732. The minimum Gasteiger partial charge on any atom is -0.389 e. The lowest BCUT2D eigenvalue weighted by Crippen LogP contribution is -2.60. The highest BCUT2D eigenvalue weighted by Gasteiger charge is 2.46. The van der Waals surface area contributed by atoms with E-state index in [-0.39, 0.29) is 18.0 Å². The summed E-state index contributed by atoms with van der Waals surface area (Å²) in [5, 5.41) is 11.0. The third-order valence-electron chi connectivity index (χ3n) is 5.09. The second-order valence-electron chi connectivity index (χ2n) is 6.64. The van der Waals surface area contributed by atoms with E-state index in [9.17, 15) is 14.7 Å². The number of H-pyrrole nitrogens is 1. The van der Waals surface area contributed by atoms with E-state index in [1.54, 1.807) is 11.0 Å². The topological polar surface area (TPSA) is 76.6 Å². The number of carbonyl (C=O) groups is 1.